The lowest BCUT2D eigenvalue weighted by atomic mass is 10.2. The fourth-order valence-corrected chi connectivity index (χ4v) is 1.76. The summed E-state index contributed by atoms with van der Waals surface area (Å²) in [6.45, 7) is 6.81. The van der Waals surface area contributed by atoms with Crippen molar-refractivity contribution in [1.29, 1.82) is 5.26 Å². The fraction of sp³-hybridized carbons (Fsp3) is 0.571. The number of nitrogens with one attached hydrogen (secondary N) is 1. The SMILES string of the molecule is CCN(CCC#N)C(=O)c1nc(C(C)C)ncc1NC. The zero-order valence-corrected chi connectivity index (χ0v) is 12.5. The van der Waals surface area contributed by atoms with Crippen LogP contribution in [0.3, 0.4) is 0 Å². The van der Waals surface area contributed by atoms with Crippen LogP contribution in [0.2, 0.25) is 0 Å². The number of nitrogens with zero attached hydrogens (tertiary/aromatic N) is 4. The topological polar surface area (TPSA) is 81.9 Å². The Morgan fingerprint density at radius 1 is 1.55 bits per heavy atom. The molecule has 0 unspecified atom stereocenters. The van der Waals surface area contributed by atoms with Crippen molar-refractivity contribution in [2.24, 2.45) is 0 Å². The van der Waals surface area contributed by atoms with Gasteiger partial charge < -0.3 is 10.2 Å². The molecule has 108 valence electrons. The second-order valence-corrected chi connectivity index (χ2v) is 4.69. The highest BCUT2D eigenvalue weighted by Crippen LogP contribution is 2.17. The van der Waals surface area contributed by atoms with Crippen LogP contribution < -0.4 is 5.32 Å². The average molecular weight is 275 g/mol. The first kappa shape index (κ1) is 15.9. The summed E-state index contributed by atoms with van der Waals surface area (Å²) in [5.41, 5.74) is 0.973. The van der Waals surface area contributed by atoms with Gasteiger partial charge in [0, 0.05) is 26.1 Å². The molecule has 0 bridgehead atoms. The number of anilines is 1. The van der Waals surface area contributed by atoms with Crippen LogP contribution in [0, 0.1) is 11.3 Å². The van der Waals surface area contributed by atoms with Gasteiger partial charge in [0.05, 0.1) is 24.4 Å². The van der Waals surface area contributed by atoms with Crippen molar-refractivity contribution < 1.29 is 4.79 Å². The molecular weight excluding hydrogens is 254 g/mol. The minimum atomic E-state index is -0.170. The first-order valence-electron chi connectivity index (χ1n) is 6.76. The number of carbonyl (C=O) groups is 1. The van der Waals surface area contributed by atoms with Crippen molar-refractivity contribution in [2.45, 2.75) is 33.1 Å². The predicted molar refractivity (Wildman–Crippen MR) is 77.5 cm³/mol. The van der Waals surface area contributed by atoms with Crippen molar-refractivity contribution in [3.05, 3.63) is 17.7 Å². The molecule has 0 aliphatic heterocycles. The Bertz CT molecular complexity index is 507. The first-order chi connectivity index (χ1) is 9.54. The van der Waals surface area contributed by atoms with Crippen LogP contribution in [0.15, 0.2) is 6.20 Å². The smallest absolute Gasteiger partial charge is 0.274 e. The van der Waals surface area contributed by atoms with E-state index in [0.29, 0.717) is 36.7 Å². The number of carbonyl (C=O) groups excluding carboxylic acids is 1. The lowest BCUT2D eigenvalue weighted by molar-refractivity contribution is 0.0762. The second-order valence-electron chi connectivity index (χ2n) is 4.69. The number of nitriles is 1. The molecule has 1 aromatic heterocycles. The molecule has 0 aliphatic carbocycles. The van der Waals surface area contributed by atoms with Gasteiger partial charge in [-0.25, -0.2) is 9.97 Å². The van der Waals surface area contributed by atoms with E-state index in [1.54, 1.807) is 18.1 Å². The van der Waals surface area contributed by atoms with Gasteiger partial charge in [0.25, 0.3) is 5.91 Å². The molecule has 6 nitrogen and oxygen atoms in total. The van der Waals surface area contributed by atoms with Gasteiger partial charge in [-0.05, 0) is 6.92 Å². The summed E-state index contributed by atoms with van der Waals surface area (Å²) in [5.74, 6) is 0.627. The minimum absolute atomic E-state index is 0.154. The Morgan fingerprint density at radius 3 is 2.75 bits per heavy atom. The lowest BCUT2D eigenvalue weighted by Gasteiger charge is -2.20. The van der Waals surface area contributed by atoms with Crippen LogP contribution in [0.25, 0.3) is 0 Å². The minimum Gasteiger partial charge on any atom is -0.385 e. The van der Waals surface area contributed by atoms with Crippen molar-refractivity contribution in [3.8, 4) is 6.07 Å². The number of amides is 1. The molecule has 0 radical (unpaired) electrons. The predicted octanol–water partition coefficient (Wildman–Crippen LogP) is 2.02. The van der Waals surface area contributed by atoms with Gasteiger partial charge >= 0.3 is 0 Å². The maximum absolute atomic E-state index is 12.5. The van der Waals surface area contributed by atoms with Crippen molar-refractivity contribution in [1.82, 2.24) is 14.9 Å². The Morgan fingerprint density at radius 2 is 2.25 bits per heavy atom. The third kappa shape index (κ3) is 3.67. The molecular formula is C14H21N5O. The fourth-order valence-electron chi connectivity index (χ4n) is 1.76. The molecule has 0 fully saturated rings. The van der Waals surface area contributed by atoms with E-state index in [9.17, 15) is 4.79 Å². The summed E-state index contributed by atoms with van der Waals surface area (Å²) in [4.78, 5) is 22.8. The van der Waals surface area contributed by atoms with E-state index in [-0.39, 0.29) is 11.8 Å². The van der Waals surface area contributed by atoms with Gasteiger partial charge in [-0.3, -0.25) is 4.79 Å². The van der Waals surface area contributed by atoms with Gasteiger partial charge in [-0.15, -0.1) is 0 Å². The number of aromatic nitrogens is 2. The monoisotopic (exact) mass is 275 g/mol. The molecule has 1 rings (SSSR count). The van der Waals surface area contributed by atoms with Crippen LogP contribution in [-0.2, 0) is 0 Å². The molecule has 1 aromatic rings. The van der Waals surface area contributed by atoms with Crippen LogP contribution in [0.4, 0.5) is 5.69 Å². The van der Waals surface area contributed by atoms with E-state index in [1.807, 2.05) is 20.8 Å². The molecule has 0 atom stereocenters. The molecule has 6 heteroatoms. The van der Waals surface area contributed by atoms with Crippen LogP contribution >= 0.6 is 0 Å². The molecule has 0 saturated heterocycles. The van der Waals surface area contributed by atoms with Crippen molar-refractivity contribution in [2.75, 3.05) is 25.5 Å². The third-order valence-electron chi connectivity index (χ3n) is 2.96. The molecule has 0 spiro atoms. The summed E-state index contributed by atoms with van der Waals surface area (Å²) in [6.07, 6.45) is 1.95. The summed E-state index contributed by atoms with van der Waals surface area (Å²) in [6, 6.07) is 2.05. The second kappa shape index (κ2) is 7.43. The zero-order valence-electron chi connectivity index (χ0n) is 12.5. The van der Waals surface area contributed by atoms with E-state index >= 15 is 0 Å². The Labute approximate surface area is 119 Å². The summed E-state index contributed by atoms with van der Waals surface area (Å²) >= 11 is 0. The Hall–Kier alpha value is -2.16. The number of rotatable bonds is 6. The summed E-state index contributed by atoms with van der Waals surface area (Å²) in [7, 11) is 1.73. The third-order valence-corrected chi connectivity index (χ3v) is 2.96. The summed E-state index contributed by atoms with van der Waals surface area (Å²) < 4.78 is 0. The zero-order chi connectivity index (χ0) is 15.1. The molecule has 1 amide bonds. The van der Waals surface area contributed by atoms with E-state index in [4.69, 9.17) is 5.26 Å². The maximum atomic E-state index is 12.5. The standard InChI is InChI=1S/C14H21N5O/c1-5-19(8-6-7-15)14(20)12-11(16-4)9-17-13(18-12)10(2)3/h9-10,16H,5-6,8H2,1-4H3. The van der Waals surface area contributed by atoms with Crippen molar-refractivity contribution >= 4 is 11.6 Å². The van der Waals surface area contributed by atoms with E-state index < -0.39 is 0 Å². The highest BCUT2D eigenvalue weighted by atomic mass is 16.2. The van der Waals surface area contributed by atoms with Crippen molar-refractivity contribution in [3.63, 3.8) is 0 Å². The Balaban J connectivity index is 3.11. The maximum Gasteiger partial charge on any atom is 0.274 e. The lowest BCUT2D eigenvalue weighted by Crippen LogP contribution is -2.33. The van der Waals surface area contributed by atoms with Gasteiger partial charge in [0.1, 0.15) is 5.82 Å². The first-order valence-corrected chi connectivity index (χ1v) is 6.76. The van der Waals surface area contributed by atoms with Crippen LogP contribution in [0.1, 0.15) is 49.4 Å². The van der Waals surface area contributed by atoms with Gasteiger partial charge in [-0.1, -0.05) is 13.8 Å². The normalized spacial score (nSPS) is 10.2. The Kier molecular flexibility index (Phi) is 5.91. The van der Waals surface area contributed by atoms with Gasteiger partial charge in [-0.2, -0.15) is 5.26 Å². The molecule has 0 aliphatic rings. The number of hydrogen-bond acceptors (Lipinski definition) is 5. The van der Waals surface area contributed by atoms with E-state index in [2.05, 4.69) is 21.4 Å². The molecule has 1 heterocycles. The van der Waals surface area contributed by atoms with E-state index in [0.717, 1.165) is 0 Å². The molecule has 20 heavy (non-hydrogen) atoms. The van der Waals surface area contributed by atoms with Gasteiger partial charge in [0.15, 0.2) is 5.69 Å². The van der Waals surface area contributed by atoms with Crippen LogP contribution in [-0.4, -0.2) is 40.9 Å². The highest BCUT2D eigenvalue weighted by molar-refractivity contribution is 5.97. The van der Waals surface area contributed by atoms with E-state index in [1.165, 1.54) is 0 Å². The number of hydrogen-bond donors (Lipinski definition) is 1. The van der Waals surface area contributed by atoms with Gasteiger partial charge in [0.2, 0.25) is 0 Å². The molecule has 1 N–H and O–H groups in total. The van der Waals surface area contributed by atoms with Crippen LogP contribution in [0.5, 0.6) is 0 Å². The average Bonchev–Trinajstić information content (AvgIpc) is 2.46. The quantitative estimate of drug-likeness (QED) is 0.858. The highest BCUT2D eigenvalue weighted by Gasteiger charge is 2.20. The molecule has 0 saturated carbocycles. The molecule has 0 aromatic carbocycles. The summed E-state index contributed by atoms with van der Waals surface area (Å²) in [5, 5.41) is 11.6. The largest absolute Gasteiger partial charge is 0.385 e.